The SMILES string of the molecule is C[C@H](NC[C@@H]1CCS(=O)(=O)C1)c1ccc(F)cc1N(C)C. The number of benzene rings is 1. The fraction of sp³-hybridized carbons (Fsp3) is 0.600. The van der Waals surface area contributed by atoms with Crippen LogP contribution in [-0.2, 0) is 9.84 Å². The normalized spacial score (nSPS) is 22.2. The van der Waals surface area contributed by atoms with Gasteiger partial charge in [-0.2, -0.15) is 0 Å². The van der Waals surface area contributed by atoms with Crippen LogP contribution in [0.25, 0.3) is 0 Å². The average Bonchev–Trinajstić information content (AvgIpc) is 2.75. The van der Waals surface area contributed by atoms with Crippen molar-refractivity contribution in [1.29, 1.82) is 0 Å². The van der Waals surface area contributed by atoms with E-state index in [0.717, 1.165) is 17.7 Å². The number of nitrogens with one attached hydrogen (secondary N) is 1. The predicted octanol–water partition coefficient (Wildman–Crippen LogP) is 1.98. The van der Waals surface area contributed by atoms with Crippen LogP contribution < -0.4 is 10.2 Å². The van der Waals surface area contributed by atoms with E-state index in [2.05, 4.69) is 5.32 Å². The maximum atomic E-state index is 13.4. The third kappa shape index (κ3) is 4.17. The zero-order chi connectivity index (χ0) is 15.6. The first kappa shape index (κ1) is 16.2. The van der Waals surface area contributed by atoms with Gasteiger partial charge in [-0.25, -0.2) is 12.8 Å². The van der Waals surface area contributed by atoms with Crippen molar-refractivity contribution >= 4 is 15.5 Å². The minimum absolute atomic E-state index is 0.0475. The molecule has 1 saturated heterocycles. The number of anilines is 1. The summed E-state index contributed by atoms with van der Waals surface area (Å²) in [6, 6.07) is 4.81. The monoisotopic (exact) mass is 314 g/mol. The Bertz CT molecular complexity index is 602. The van der Waals surface area contributed by atoms with E-state index in [1.165, 1.54) is 12.1 Å². The van der Waals surface area contributed by atoms with Crippen LogP contribution in [-0.4, -0.2) is 40.6 Å². The zero-order valence-electron chi connectivity index (χ0n) is 12.8. The highest BCUT2D eigenvalue weighted by atomic mass is 32.2. The Kier molecular flexibility index (Phi) is 4.88. The quantitative estimate of drug-likeness (QED) is 0.903. The minimum Gasteiger partial charge on any atom is -0.377 e. The molecule has 0 spiro atoms. The first-order chi connectivity index (χ1) is 9.78. The van der Waals surface area contributed by atoms with Crippen molar-refractivity contribution in [2.45, 2.75) is 19.4 Å². The first-order valence-electron chi connectivity index (χ1n) is 7.19. The van der Waals surface area contributed by atoms with E-state index in [1.54, 1.807) is 6.07 Å². The Morgan fingerprint density at radius 3 is 2.71 bits per heavy atom. The standard InChI is InChI=1S/C15H23FN2O2S/c1-11(17-9-12-6-7-21(19,20)10-12)14-5-4-13(16)8-15(14)18(2)3/h4-5,8,11-12,17H,6-7,9-10H2,1-3H3/t11-,12-/m0/s1. The lowest BCUT2D eigenvalue weighted by Crippen LogP contribution is -2.27. The molecule has 0 aromatic heterocycles. The van der Waals surface area contributed by atoms with Crippen LogP contribution in [0.15, 0.2) is 18.2 Å². The molecule has 2 atom stereocenters. The molecule has 21 heavy (non-hydrogen) atoms. The van der Waals surface area contributed by atoms with Crippen LogP contribution in [0.1, 0.15) is 24.9 Å². The van der Waals surface area contributed by atoms with E-state index < -0.39 is 9.84 Å². The number of halogens is 1. The fourth-order valence-corrected chi connectivity index (χ4v) is 4.62. The highest BCUT2D eigenvalue weighted by molar-refractivity contribution is 7.91. The molecule has 0 amide bonds. The topological polar surface area (TPSA) is 49.4 Å². The van der Waals surface area contributed by atoms with Crippen LogP contribution in [0, 0.1) is 11.7 Å². The molecule has 1 fully saturated rings. The Morgan fingerprint density at radius 2 is 2.14 bits per heavy atom. The molecule has 6 heteroatoms. The highest BCUT2D eigenvalue weighted by Gasteiger charge is 2.28. The predicted molar refractivity (Wildman–Crippen MR) is 83.9 cm³/mol. The number of nitrogens with zero attached hydrogens (tertiary/aromatic N) is 1. The summed E-state index contributed by atoms with van der Waals surface area (Å²) in [5.74, 6) is 0.501. The molecule has 1 aromatic rings. The maximum Gasteiger partial charge on any atom is 0.150 e. The van der Waals surface area contributed by atoms with Crippen LogP contribution in [0.5, 0.6) is 0 Å². The molecule has 1 aliphatic heterocycles. The molecule has 1 N–H and O–H groups in total. The Hall–Kier alpha value is -1.14. The molecule has 2 rings (SSSR count). The Balaban J connectivity index is 2.02. The number of hydrogen-bond acceptors (Lipinski definition) is 4. The van der Waals surface area contributed by atoms with Crippen molar-refractivity contribution < 1.29 is 12.8 Å². The van der Waals surface area contributed by atoms with E-state index in [1.807, 2.05) is 25.9 Å². The van der Waals surface area contributed by atoms with E-state index in [4.69, 9.17) is 0 Å². The third-order valence-corrected chi connectivity index (χ3v) is 5.82. The van der Waals surface area contributed by atoms with Crippen molar-refractivity contribution in [2.75, 3.05) is 37.0 Å². The lowest BCUT2D eigenvalue weighted by atomic mass is 10.0. The molecule has 1 aromatic carbocycles. The summed E-state index contributed by atoms with van der Waals surface area (Å²) in [5.41, 5.74) is 1.86. The molecule has 1 heterocycles. The summed E-state index contributed by atoms with van der Waals surface area (Å²) >= 11 is 0. The van der Waals surface area contributed by atoms with Crippen molar-refractivity contribution in [3.8, 4) is 0 Å². The van der Waals surface area contributed by atoms with Gasteiger partial charge in [0.15, 0.2) is 9.84 Å². The summed E-state index contributed by atoms with van der Waals surface area (Å²) in [4.78, 5) is 1.89. The summed E-state index contributed by atoms with van der Waals surface area (Å²) in [7, 11) is 0.934. The van der Waals surface area contributed by atoms with Gasteiger partial charge in [-0.15, -0.1) is 0 Å². The van der Waals surface area contributed by atoms with Crippen LogP contribution in [0.4, 0.5) is 10.1 Å². The number of sulfone groups is 1. The van der Waals surface area contributed by atoms with Crippen LogP contribution >= 0.6 is 0 Å². The first-order valence-corrected chi connectivity index (χ1v) is 9.01. The Morgan fingerprint density at radius 1 is 1.43 bits per heavy atom. The molecule has 0 unspecified atom stereocenters. The smallest absolute Gasteiger partial charge is 0.150 e. The van der Waals surface area contributed by atoms with Crippen LogP contribution in [0.2, 0.25) is 0 Å². The third-order valence-electron chi connectivity index (χ3n) is 3.98. The van der Waals surface area contributed by atoms with Gasteiger partial charge in [0.05, 0.1) is 11.5 Å². The lowest BCUT2D eigenvalue weighted by Gasteiger charge is -2.23. The second kappa shape index (κ2) is 6.32. The molecule has 1 aliphatic rings. The zero-order valence-corrected chi connectivity index (χ0v) is 13.6. The summed E-state index contributed by atoms with van der Waals surface area (Å²) in [6.45, 7) is 2.69. The maximum absolute atomic E-state index is 13.4. The van der Waals surface area contributed by atoms with Gasteiger partial charge in [-0.1, -0.05) is 6.07 Å². The molecule has 0 radical (unpaired) electrons. The second-order valence-corrected chi connectivity index (χ2v) is 8.23. The van der Waals surface area contributed by atoms with Gasteiger partial charge in [-0.05, 0) is 43.5 Å². The summed E-state index contributed by atoms with van der Waals surface area (Å²) in [5, 5.41) is 3.38. The van der Waals surface area contributed by atoms with Crippen LogP contribution in [0.3, 0.4) is 0 Å². The van der Waals surface area contributed by atoms with E-state index in [9.17, 15) is 12.8 Å². The van der Waals surface area contributed by atoms with Gasteiger partial charge in [0.2, 0.25) is 0 Å². The highest BCUT2D eigenvalue weighted by Crippen LogP contribution is 2.26. The van der Waals surface area contributed by atoms with Gasteiger partial charge in [0.25, 0.3) is 0 Å². The summed E-state index contributed by atoms with van der Waals surface area (Å²) in [6.07, 6.45) is 0.728. The Labute approximate surface area is 126 Å². The molecule has 4 nitrogen and oxygen atoms in total. The van der Waals surface area contributed by atoms with Gasteiger partial charge in [0, 0.05) is 25.8 Å². The molecular weight excluding hydrogens is 291 g/mol. The number of rotatable bonds is 5. The molecule has 0 aliphatic carbocycles. The molecule has 0 bridgehead atoms. The van der Waals surface area contributed by atoms with Crippen molar-refractivity contribution in [2.24, 2.45) is 5.92 Å². The minimum atomic E-state index is -2.83. The van der Waals surface area contributed by atoms with E-state index in [0.29, 0.717) is 12.3 Å². The molecule has 0 saturated carbocycles. The van der Waals surface area contributed by atoms with Crippen molar-refractivity contribution in [1.82, 2.24) is 5.32 Å². The van der Waals surface area contributed by atoms with Crippen molar-refractivity contribution in [3.63, 3.8) is 0 Å². The van der Waals surface area contributed by atoms with Crippen molar-refractivity contribution in [3.05, 3.63) is 29.6 Å². The number of hydrogen-bond donors (Lipinski definition) is 1. The average molecular weight is 314 g/mol. The van der Waals surface area contributed by atoms with E-state index >= 15 is 0 Å². The second-order valence-electron chi connectivity index (χ2n) is 6.00. The van der Waals surface area contributed by atoms with E-state index in [-0.39, 0.29) is 23.5 Å². The van der Waals surface area contributed by atoms with Gasteiger partial charge in [-0.3, -0.25) is 0 Å². The van der Waals surface area contributed by atoms with Gasteiger partial charge in [0.1, 0.15) is 5.82 Å². The largest absolute Gasteiger partial charge is 0.377 e. The van der Waals surface area contributed by atoms with Gasteiger partial charge < -0.3 is 10.2 Å². The summed E-state index contributed by atoms with van der Waals surface area (Å²) < 4.78 is 36.3. The molecular formula is C15H23FN2O2S. The van der Waals surface area contributed by atoms with Gasteiger partial charge >= 0.3 is 0 Å². The molecule has 118 valence electrons. The fourth-order valence-electron chi connectivity index (χ4n) is 2.76. The lowest BCUT2D eigenvalue weighted by molar-refractivity contribution is 0.476.